The number of nitrogens with one attached hydrogen (secondary N) is 2. The Balaban J connectivity index is 1.64. The SMILES string of the molecule is C=CC(=O)NC1CC(Nc2cc(-c3cn(C)c4c3C=CCC4)ncn2)=C(OC)C=C1N(C)CCN(C)C. The van der Waals surface area contributed by atoms with Gasteiger partial charge in [-0.3, -0.25) is 4.79 Å². The average Bonchev–Trinajstić information content (AvgIpc) is 3.24. The van der Waals surface area contributed by atoms with Gasteiger partial charge in [0.15, 0.2) is 0 Å². The Labute approximate surface area is 219 Å². The second-order valence-electron chi connectivity index (χ2n) is 9.68. The zero-order valence-electron chi connectivity index (χ0n) is 22.4. The smallest absolute Gasteiger partial charge is 0.243 e. The molecule has 1 atom stereocenters. The van der Waals surface area contributed by atoms with E-state index >= 15 is 0 Å². The number of hydrogen-bond acceptors (Lipinski definition) is 7. The maximum Gasteiger partial charge on any atom is 0.243 e. The number of likely N-dealkylation sites (N-methyl/N-ethyl adjacent to an activating group) is 2. The van der Waals surface area contributed by atoms with Crippen molar-refractivity contribution in [3.8, 4) is 11.3 Å². The Morgan fingerprint density at radius 2 is 2.11 bits per heavy atom. The number of carbonyl (C=O) groups excluding carboxylic acids is 1. The number of methoxy groups -OCH3 is 1. The summed E-state index contributed by atoms with van der Waals surface area (Å²) in [6.07, 6.45) is 14.0. The molecular formula is C28H37N7O2. The van der Waals surface area contributed by atoms with Crippen LogP contribution in [-0.2, 0) is 23.0 Å². The first-order chi connectivity index (χ1) is 17.8. The van der Waals surface area contributed by atoms with Crippen molar-refractivity contribution in [1.82, 2.24) is 29.7 Å². The van der Waals surface area contributed by atoms with Gasteiger partial charge in [-0.05, 0) is 33.0 Å². The van der Waals surface area contributed by atoms with Crippen LogP contribution in [0.25, 0.3) is 17.3 Å². The summed E-state index contributed by atoms with van der Waals surface area (Å²) < 4.78 is 7.95. The molecule has 2 aromatic heterocycles. The minimum atomic E-state index is -0.244. The van der Waals surface area contributed by atoms with E-state index in [0.717, 1.165) is 48.6 Å². The Bertz CT molecular complexity index is 1260. The van der Waals surface area contributed by atoms with Crippen LogP contribution in [0.3, 0.4) is 0 Å². The molecule has 0 aromatic carbocycles. The molecule has 0 aliphatic heterocycles. The quantitative estimate of drug-likeness (QED) is 0.482. The van der Waals surface area contributed by atoms with Crippen molar-refractivity contribution >= 4 is 17.8 Å². The lowest BCUT2D eigenvalue weighted by molar-refractivity contribution is -0.117. The fourth-order valence-electron chi connectivity index (χ4n) is 4.77. The maximum absolute atomic E-state index is 12.3. The molecule has 0 saturated carbocycles. The van der Waals surface area contributed by atoms with Crippen LogP contribution in [0.4, 0.5) is 5.82 Å². The van der Waals surface area contributed by atoms with E-state index in [0.29, 0.717) is 18.0 Å². The lowest BCUT2D eigenvalue weighted by Gasteiger charge is -2.34. The molecule has 9 nitrogen and oxygen atoms in total. The predicted molar refractivity (Wildman–Crippen MR) is 147 cm³/mol. The van der Waals surface area contributed by atoms with Crippen molar-refractivity contribution in [3.05, 3.63) is 71.8 Å². The number of amides is 1. The topological polar surface area (TPSA) is 87.5 Å². The molecule has 0 spiro atoms. The number of carbonyl (C=O) groups is 1. The second kappa shape index (κ2) is 11.5. The molecule has 2 aromatic rings. The number of hydrogen-bond donors (Lipinski definition) is 2. The maximum atomic E-state index is 12.3. The zero-order valence-corrected chi connectivity index (χ0v) is 22.4. The molecule has 4 rings (SSSR count). The molecule has 1 unspecified atom stereocenters. The van der Waals surface area contributed by atoms with Gasteiger partial charge >= 0.3 is 0 Å². The van der Waals surface area contributed by atoms with Crippen LogP contribution >= 0.6 is 0 Å². The molecular weight excluding hydrogens is 466 g/mol. The van der Waals surface area contributed by atoms with Crippen LogP contribution in [0, 0.1) is 0 Å². The van der Waals surface area contributed by atoms with Gasteiger partial charge in [-0.15, -0.1) is 0 Å². The Kier molecular flexibility index (Phi) is 8.13. The van der Waals surface area contributed by atoms with E-state index in [-0.39, 0.29) is 11.9 Å². The minimum Gasteiger partial charge on any atom is -0.495 e. The molecule has 2 heterocycles. The van der Waals surface area contributed by atoms with Crippen LogP contribution in [0.5, 0.6) is 0 Å². The van der Waals surface area contributed by atoms with E-state index in [2.05, 4.69) is 66.9 Å². The lowest BCUT2D eigenvalue weighted by Crippen LogP contribution is -2.44. The fourth-order valence-corrected chi connectivity index (χ4v) is 4.77. The molecule has 2 aliphatic carbocycles. The van der Waals surface area contributed by atoms with Crippen LogP contribution in [0.2, 0.25) is 0 Å². The molecule has 0 fully saturated rings. The molecule has 0 radical (unpaired) electrons. The molecule has 2 N–H and O–H groups in total. The number of allylic oxidation sites excluding steroid dienone is 2. The van der Waals surface area contributed by atoms with Crippen LogP contribution in [0.15, 0.2) is 60.6 Å². The summed E-state index contributed by atoms with van der Waals surface area (Å²) in [6, 6.07) is 1.71. The predicted octanol–water partition coefficient (Wildman–Crippen LogP) is 3.16. The first kappa shape index (κ1) is 26.2. The third-order valence-corrected chi connectivity index (χ3v) is 6.79. The Morgan fingerprint density at radius 1 is 1.30 bits per heavy atom. The molecule has 1 amide bonds. The molecule has 196 valence electrons. The highest BCUT2D eigenvalue weighted by Gasteiger charge is 2.28. The lowest BCUT2D eigenvalue weighted by atomic mass is 9.98. The van der Waals surface area contributed by atoms with Crippen LogP contribution in [-0.4, -0.2) is 77.6 Å². The summed E-state index contributed by atoms with van der Waals surface area (Å²) in [7, 11) is 9.85. The van der Waals surface area contributed by atoms with Crippen LogP contribution in [0.1, 0.15) is 24.1 Å². The fraction of sp³-hybridized carbons (Fsp3) is 0.393. The number of rotatable bonds is 10. The van der Waals surface area contributed by atoms with Gasteiger partial charge in [-0.2, -0.15) is 0 Å². The van der Waals surface area contributed by atoms with Crippen molar-refractivity contribution in [2.75, 3.05) is 46.7 Å². The second-order valence-corrected chi connectivity index (χ2v) is 9.68. The van der Waals surface area contributed by atoms with Gasteiger partial charge in [0.05, 0.1) is 24.5 Å². The number of anilines is 1. The number of fused-ring (bicyclic) bond motifs is 1. The zero-order chi connectivity index (χ0) is 26.5. The van der Waals surface area contributed by atoms with Crippen molar-refractivity contribution in [2.45, 2.75) is 25.3 Å². The molecule has 9 heteroatoms. The highest BCUT2D eigenvalue weighted by Crippen LogP contribution is 2.33. The Morgan fingerprint density at radius 3 is 2.84 bits per heavy atom. The third kappa shape index (κ3) is 5.94. The number of aryl methyl sites for hydroxylation is 1. The van der Waals surface area contributed by atoms with Crippen molar-refractivity contribution < 1.29 is 9.53 Å². The highest BCUT2D eigenvalue weighted by atomic mass is 16.5. The van der Waals surface area contributed by atoms with E-state index in [1.54, 1.807) is 13.4 Å². The number of nitrogens with zero attached hydrogens (tertiary/aromatic N) is 5. The first-order valence-electron chi connectivity index (χ1n) is 12.5. The first-order valence-corrected chi connectivity index (χ1v) is 12.5. The summed E-state index contributed by atoms with van der Waals surface area (Å²) in [5.74, 6) is 1.15. The van der Waals surface area contributed by atoms with Gasteiger partial charge in [0, 0.05) is 74.5 Å². The summed E-state index contributed by atoms with van der Waals surface area (Å²) in [6.45, 7) is 5.31. The van der Waals surface area contributed by atoms with Gasteiger partial charge in [-0.1, -0.05) is 18.7 Å². The van der Waals surface area contributed by atoms with Crippen molar-refractivity contribution in [3.63, 3.8) is 0 Å². The normalized spacial score (nSPS) is 16.8. The largest absolute Gasteiger partial charge is 0.495 e. The summed E-state index contributed by atoms with van der Waals surface area (Å²) in [4.78, 5) is 25.6. The number of aromatic nitrogens is 3. The van der Waals surface area contributed by atoms with E-state index < -0.39 is 0 Å². The van der Waals surface area contributed by atoms with Gasteiger partial charge in [0.25, 0.3) is 0 Å². The average molecular weight is 504 g/mol. The minimum absolute atomic E-state index is 0.219. The van der Waals surface area contributed by atoms with E-state index in [1.807, 2.05) is 33.3 Å². The van der Waals surface area contributed by atoms with E-state index in [9.17, 15) is 4.79 Å². The summed E-state index contributed by atoms with van der Waals surface area (Å²) in [5.41, 5.74) is 6.29. The molecule has 2 aliphatic rings. The standard InChI is InChI=1S/C28H37N7O2/c1-7-28(36)32-22-14-23(26(37-6)16-25(22)34(4)13-12-33(2)3)31-27-15-21(29-18-30-27)20-17-35(5)24-11-9-8-10-19(20)24/h7-8,10,15-18,22H,1,9,11-14H2,2-6H3,(H,32,36)(H,29,30,31). The molecule has 0 saturated heterocycles. The van der Waals surface area contributed by atoms with Crippen molar-refractivity contribution in [2.24, 2.45) is 7.05 Å². The summed E-state index contributed by atoms with van der Waals surface area (Å²) in [5, 5.41) is 6.51. The van der Waals surface area contributed by atoms with Crippen molar-refractivity contribution in [1.29, 1.82) is 0 Å². The van der Waals surface area contributed by atoms with E-state index in [4.69, 9.17) is 4.74 Å². The molecule has 37 heavy (non-hydrogen) atoms. The third-order valence-electron chi connectivity index (χ3n) is 6.79. The van der Waals surface area contributed by atoms with Crippen LogP contribution < -0.4 is 10.6 Å². The van der Waals surface area contributed by atoms with Gasteiger partial charge in [0.1, 0.15) is 17.9 Å². The number of ether oxygens (including phenoxy) is 1. The Hall–Kier alpha value is -3.85. The van der Waals surface area contributed by atoms with E-state index in [1.165, 1.54) is 17.3 Å². The van der Waals surface area contributed by atoms with Gasteiger partial charge in [-0.25, -0.2) is 9.97 Å². The van der Waals surface area contributed by atoms with Gasteiger partial charge < -0.3 is 29.7 Å². The molecule has 0 bridgehead atoms. The monoisotopic (exact) mass is 503 g/mol. The summed E-state index contributed by atoms with van der Waals surface area (Å²) >= 11 is 0. The highest BCUT2D eigenvalue weighted by molar-refractivity contribution is 5.87. The van der Waals surface area contributed by atoms with Gasteiger partial charge in [0.2, 0.25) is 5.91 Å².